The van der Waals surface area contributed by atoms with Gasteiger partial charge in [-0.25, -0.2) is 0 Å². The van der Waals surface area contributed by atoms with Gasteiger partial charge in [0.05, 0.1) is 11.7 Å². The molecule has 0 aromatic carbocycles. The first-order valence-electron chi connectivity index (χ1n) is 5.53. The molecule has 0 aliphatic heterocycles. The Morgan fingerprint density at radius 2 is 2.29 bits per heavy atom. The predicted octanol–water partition coefficient (Wildman–Crippen LogP) is 3.72. The highest BCUT2D eigenvalue weighted by Crippen LogP contribution is 2.24. The molecular weight excluding hydrogens is 296 g/mol. The molecule has 2 aromatic heterocycles. The van der Waals surface area contributed by atoms with Crippen LogP contribution >= 0.6 is 27.3 Å². The topological polar surface area (TPSA) is 24.9 Å². The number of thiophene rings is 1. The van der Waals surface area contributed by atoms with Crippen LogP contribution in [0.2, 0.25) is 0 Å². The van der Waals surface area contributed by atoms with Crippen LogP contribution in [0.5, 0.6) is 0 Å². The van der Waals surface area contributed by atoms with Gasteiger partial charge in [0.2, 0.25) is 0 Å². The lowest BCUT2D eigenvalue weighted by Crippen LogP contribution is -2.19. The van der Waals surface area contributed by atoms with Crippen molar-refractivity contribution in [3.8, 4) is 0 Å². The molecule has 90 valence electrons. The maximum absolute atomic E-state index is 4.58. The van der Waals surface area contributed by atoms with E-state index in [1.54, 1.807) is 11.3 Å². The Morgan fingerprint density at radius 1 is 1.47 bits per heavy atom. The molecule has 0 amide bonds. The van der Waals surface area contributed by atoms with Crippen molar-refractivity contribution in [1.29, 1.82) is 0 Å². The van der Waals surface area contributed by atoms with E-state index in [4.69, 9.17) is 0 Å². The fraction of sp³-hybridized carbons (Fsp3) is 0.308. The van der Waals surface area contributed by atoms with Crippen LogP contribution in [0.15, 0.2) is 34.1 Å². The molecule has 0 aliphatic rings. The lowest BCUT2D eigenvalue weighted by Gasteiger charge is -2.15. The quantitative estimate of drug-likeness (QED) is 0.931. The smallest absolute Gasteiger partial charge is 0.0579 e. The largest absolute Gasteiger partial charge is 0.311 e. The molecule has 17 heavy (non-hydrogen) atoms. The molecule has 0 saturated carbocycles. The minimum absolute atomic E-state index is 0.278. The summed E-state index contributed by atoms with van der Waals surface area (Å²) in [6, 6.07) is 8.62. The van der Waals surface area contributed by atoms with Gasteiger partial charge in [-0.2, -0.15) is 0 Å². The Kier molecular flexibility index (Phi) is 4.31. The van der Waals surface area contributed by atoms with Gasteiger partial charge in [0.15, 0.2) is 0 Å². The van der Waals surface area contributed by atoms with Crippen molar-refractivity contribution in [2.75, 3.05) is 7.05 Å². The zero-order valence-electron chi connectivity index (χ0n) is 9.90. The minimum Gasteiger partial charge on any atom is -0.311 e. The van der Waals surface area contributed by atoms with Gasteiger partial charge in [0.1, 0.15) is 0 Å². The number of aromatic nitrogens is 1. The fourth-order valence-corrected chi connectivity index (χ4v) is 3.27. The van der Waals surface area contributed by atoms with Gasteiger partial charge in [0.25, 0.3) is 0 Å². The summed E-state index contributed by atoms with van der Waals surface area (Å²) >= 11 is 5.26. The number of hydrogen-bond acceptors (Lipinski definition) is 3. The first kappa shape index (κ1) is 12.7. The molecule has 0 saturated heterocycles. The Morgan fingerprint density at radius 3 is 2.88 bits per heavy atom. The third-order valence-electron chi connectivity index (χ3n) is 2.64. The molecule has 1 unspecified atom stereocenters. The van der Waals surface area contributed by atoms with E-state index in [-0.39, 0.29) is 6.04 Å². The van der Waals surface area contributed by atoms with E-state index in [2.05, 4.69) is 49.8 Å². The molecule has 1 N–H and O–H groups in total. The normalized spacial score (nSPS) is 12.6. The highest BCUT2D eigenvalue weighted by molar-refractivity contribution is 9.10. The van der Waals surface area contributed by atoms with E-state index >= 15 is 0 Å². The molecule has 0 radical (unpaired) electrons. The van der Waals surface area contributed by atoms with Gasteiger partial charge in [-0.3, -0.25) is 4.98 Å². The Labute approximate surface area is 114 Å². The van der Waals surface area contributed by atoms with Crippen molar-refractivity contribution in [1.82, 2.24) is 10.3 Å². The van der Waals surface area contributed by atoms with E-state index in [0.29, 0.717) is 0 Å². The van der Waals surface area contributed by atoms with E-state index in [1.165, 1.54) is 4.88 Å². The zero-order valence-corrected chi connectivity index (χ0v) is 12.3. The number of halogens is 1. The summed E-state index contributed by atoms with van der Waals surface area (Å²) in [6.07, 6.45) is 0.975. The molecule has 1 atom stereocenters. The second-order valence-electron chi connectivity index (χ2n) is 3.98. The minimum atomic E-state index is 0.278. The molecule has 2 nitrogen and oxygen atoms in total. The molecule has 0 spiro atoms. The lowest BCUT2D eigenvalue weighted by atomic mass is 10.1. The molecular formula is C13H15BrN2S. The van der Waals surface area contributed by atoms with Crippen molar-refractivity contribution in [2.24, 2.45) is 0 Å². The number of rotatable bonds is 4. The highest BCUT2D eigenvalue weighted by Gasteiger charge is 2.12. The van der Waals surface area contributed by atoms with E-state index in [1.807, 2.05) is 20.0 Å². The summed E-state index contributed by atoms with van der Waals surface area (Å²) in [5, 5.41) is 5.45. The van der Waals surface area contributed by atoms with E-state index < -0.39 is 0 Å². The monoisotopic (exact) mass is 310 g/mol. The molecule has 2 aromatic rings. The first-order chi connectivity index (χ1) is 8.19. The van der Waals surface area contributed by atoms with Crippen molar-refractivity contribution >= 4 is 27.3 Å². The van der Waals surface area contributed by atoms with Gasteiger partial charge in [0, 0.05) is 26.8 Å². The summed E-state index contributed by atoms with van der Waals surface area (Å²) in [5.41, 5.74) is 2.17. The number of nitrogens with one attached hydrogen (secondary N) is 1. The number of nitrogens with zero attached hydrogens (tertiary/aromatic N) is 1. The number of aryl methyl sites for hydroxylation is 1. The van der Waals surface area contributed by atoms with Gasteiger partial charge >= 0.3 is 0 Å². The maximum atomic E-state index is 4.58. The highest BCUT2D eigenvalue weighted by atomic mass is 79.9. The van der Waals surface area contributed by atoms with Crippen LogP contribution < -0.4 is 5.32 Å². The first-order valence-corrected chi connectivity index (χ1v) is 7.20. The average molecular weight is 311 g/mol. The summed E-state index contributed by atoms with van der Waals surface area (Å²) < 4.78 is 1.16. The van der Waals surface area contributed by atoms with E-state index in [9.17, 15) is 0 Å². The third-order valence-corrected chi connectivity index (χ3v) is 4.36. The van der Waals surface area contributed by atoms with Gasteiger partial charge < -0.3 is 5.32 Å². The van der Waals surface area contributed by atoms with Gasteiger partial charge in [-0.05, 0) is 48.1 Å². The average Bonchev–Trinajstić information content (AvgIpc) is 2.72. The predicted molar refractivity (Wildman–Crippen MR) is 76.5 cm³/mol. The van der Waals surface area contributed by atoms with Crippen molar-refractivity contribution < 1.29 is 0 Å². The molecule has 0 aliphatic carbocycles. The van der Waals surface area contributed by atoms with Crippen LogP contribution in [0.1, 0.15) is 22.3 Å². The van der Waals surface area contributed by atoms with Crippen LogP contribution in [0.25, 0.3) is 0 Å². The molecule has 0 bridgehead atoms. The third kappa shape index (κ3) is 3.37. The van der Waals surface area contributed by atoms with Crippen molar-refractivity contribution in [3.05, 3.63) is 50.4 Å². The van der Waals surface area contributed by atoms with Crippen LogP contribution in [0.3, 0.4) is 0 Å². The second-order valence-corrected chi connectivity index (χ2v) is 5.89. The summed E-state index contributed by atoms with van der Waals surface area (Å²) in [5.74, 6) is 0. The van der Waals surface area contributed by atoms with Crippen molar-refractivity contribution in [2.45, 2.75) is 19.4 Å². The SMILES string of the molecule is CNC(Cc1cc(Br)cs1)c1cccc(C)n1. The fourth-order valence-electron chi connectivity index (χ4n) is 1.77. The lowest BCUT2D eigenvalue weighted by molar-refractivity contribution is 0.578. The molecule has 2 rings (SSSR count). The van der Waals surface area contributed by atoms with Crippen LogP contribution in [0, 0.1) is 6.92 Å². The summed E-state index contributed by atoms with van der Waals surface area (Å²) in [6.45, 7) is 2.03. The number of pyridine rings is 1. The second kappa shape index (κ2) is 5.76. The Bertz CT molecular complexity index is 496. The summed E-state index contributed by atoms with van der Waals surface area (Å²) in [7, 11) is 1.98. The number of hydrogen-bond donors (Lipinski definition) is 1. The number of likely N-dealkylation sites (N-methyl/N-ethyl adjacent to an activating group) is 1. The van der Waals surface area contributed by atoms with E-state index in [0.717, 1.165) is 22.3 Å². The zero-order chi connectivity index (χ0) is 12.3. The van der Waals surface area contributed by atoms with Crippen LogP contribution in [0.4, 0.5) is 0 Å². The maximum Gasteiger partial charge on any atom is 0.0579 e. The molecule has 2 heterocycles. The van der Waals surface area contributed by atoms with Crippen molar-refractivity contribution in [3.63, 3.8) is 0 Å². The van der Waals surface area contributed by atoms with Gasteiger partial charge in [-0.1, -0.05) is 6.07 Å². The summed E-state index contributed by atoms with van der Waals surface area (Å²) in [4.78, 5) is 5.94. The van der Waals surface area contributed by atoms with Crippen LogP contribution in [-0.4, -0.2) is 12.0 Å². The molecule has 4 heteroatoms. The van der Waals surface area contributed by atoms with Gasteiger partial charge in [-0.15, -0.1) is 11.3 Å². The van der Waals surface area contributed by atoms with Crippen LogP contribution in [-0.2, 0) is 6.42 Å². The standard InChI is InChI=1S/C13H15BrN2S/c1-9-4-3-5-12(16-9)13(15-2)7-11-6-10(14)8-17-11/h3-6,8,13,15H,7H2,1-2H3. The Hall–Kier alpha value is -0.710. The molecule has 0 fully saturated rings. The Balaban J connectivity index is 2.16.